The number of unbranched alkanes of at least 4 members (excludes halogenated alkanes) is 3. The second-order valence-corrected chi connectivity index (χ2v) is 4.41. The summed E-state index contributed by atoms with van der Waals surface area (Å²) in [6.07, 6.45) is 6.77. The van der Waals surface area contributed by atoms with E-state index in [0.717, 1.165) is 31.2 Å². The van der Waals surface area contributed by atoms with Crippen LogP contribution in [0.5, 0.6) is 0 Å². The maximum Gasteiger partial charge on any atom is 0.158 e. The van der Waals surface area contributed by atoms with Crippen LogP contribution in [-0.4, -0.2) is 12.4 Å². The van der Waals surface area contributed by atoms with Gasteiger partial charge in [-0.2, -0.15) is 0 Å². The fraction of sp³-hybridized carbons (Fsp3) is 0.438. The quantitative estimate of drug-likeness (QED) is 0.462. The molecule has 0 unspecified atom stereocenters. The zero-order chi connectivity index (χ0) is 13.1. The summed E-state index contributed by atoms with van der Waals surface area (Å²) in [7, 11) is 0. The van der Waals surface area contributed by atoms with Crippen molar-refractivity contribution in [2.24, 2.45) is 0 Å². The first-order valence-electron chi connectivity index (χ1n) is 6.57. The van der Waals surface area contributed by atoms with Crippen molar-refractivity contribution < 1.29 is 9.53 Å². The largest absolute Gasteiger partial charge is 0.369 e. The lowest BCUT2D eigenvalue weighted by Gasteiger charge is -2.03. The van der Waals surface area contributed by atoms with Gasteiger partial charge in [-0.05, 0) is 24.8 Å². The van der Waals surface area contributed by atoms with Crippen molar-refractivity contribution in [1.82, 2.24) is 0 Å². The maximum absolute atomic E-state index is 11.5. The molecular weight excluding hydrogens is 224 g/mol. The monoisotopic (exact) mass is 246 g/mol. The van der Waals surface area contributed by atoms with E-state index in [1.807, 2.05) is 36.4 Å². The van der Waals surface area contributed by atoms with Gasteiger partial charge in [0, 0.05) is 6.42 Å². The smallest absolute Gasteiger partial charge is 0.158 e. The molecule has 0 bridgehead atoms. The molecule has 0 aliphatic rings. The molecule has 0 atom stereocenters. The van der Waals surface area contributed by atoms with Crippen LogP contribution in [0.25, 0.3) is 0 Å². The van der Waals surface area contributed by atoms with E-state index < -0.39 is 0 Å². The number of Topliss-reactive ketones (excluding diaryl/α,β-unsaturated/α-hetero) is 1. The Balaban J connectivity index is 2.01. The van der Waals surface area contributed by atoms with E-state index in [1.165, 1.54) is 0 Å². The van der Waals surface area contributed by atoms with Gasteiger partial charge in [-0.1, -0.05) is 42.8 Å². The fourth-order valence-electron chi connectivity index (χ4n) is 1.72. The van der Waals surface area contributed by atoms with E-state index in [9.17, 15) is 4.79 Å². The average molecular weight is 246 g/mol. The molecule has 1 aromatic rings. The van der Waals surface area contributed by atoms with Crippen LogP contribution in [-0.2, 0) is 16.1 Å². The lowest BCUT2D eigenvalue weighted by Crippen LogP contribution is -2.08. The van der Waals surface area contributed by atoms with E-state index in [1.54, 1.807) is 0 Å². The summed E-state index contributed by atoms with van der Waals surface area (Å²) in [5, 5.41) is 0. The highest BCUT2D eigenvalue weighted by Crippen LogP contribution is 2.05. The molecule has 0 radical (unpaired) electrons. The van der Waals surface area contributed by atoms with Gasteiger partial charge < -0.3 is 4.74 Å². The summed E-state index contributed by atoms with van der Waals surface area (Å²) in [5.41, 5.74) is 1.11. The van der Waals surface area contributed by atoms with Crippen LogP contribution in [0.1, 0.15) is 37.7 Å². The Kier molecular flexibility index (Phi) is 7.82. The Labute approximate surface area is 110 Å². The van der Waals surface area contributed by atoms with Crippen molar-refractivity contribution in [3.05, 3.63) is 48.6 Å². The number of rotatable bonds is 10. The molecule has 1 aromatic carbocycles. The predicted molar refractivity (Wildman–Crippen MR) is 74.4 cm³/mol. The van der Waals surface area contributed by atoms with Crippen LogP contribution in [0.4, 0.5) is 0 Å². The standard InChI is InChI=1S/C16H22O2/c1-2-3-4-5-9-12-16(17)14-18-13-15-10-7-6-8-11-15/h2,6-8,10-11H,1,3-5,9,12-14H2. The van der Waals surface area contributed by atoms with E-state index in [2.05, 4.69) is 6.58 Å². The molecule has 18 heavy (non-hydrogen) atoms. The van der Waals surface area contributed by atoms with Crippen LogP contribution in [0.3, 0.4) is 0 Å². The lowest BCUT2D eigenvalue weighted by molar-refractivity contribution is -0.124. The highest BCUT2D eigenvalue weighted by Gasteiger charge is 2.02. The number of carbonyl (C=O) groups is 1. The first kappa shape index (κ1) is 14.7. The fourth-order valence-corrected chi connectivity index (χ4v) is 1.72. The van der Waals surface area contributed by atoms with Gasteiger partial charge in [0.25, 0.3) is 0 Å². The number of ether oxygens (including phenoxy) is 1. The zero-order valence-electron chi connectivity index (χ0n) is 10.9. The molecule has 0 fully saturated rings. The maximum atomic E-state index is 11.5. The summed E-state index contributed by atoms with van der Waals surface area (Å²) >= 11 is 0. The van der Waals surface area contributed by atoms with Gasteiger partial charge in [-0.15, -0.1) is 6.58 Å². The average Bonchev–Trinajstić information content (AvgIpc) is 2.40. The zero-order valence-corrected chi connectivity index (χ0v) is 10.9. The van der Waals surface area contributed by atoms with Crippen molar-refractivity contribution in [2.75, 3.05) is 6.61 Å². The van der Waals surface area contributed by atoms with E-state index in [-0.39, 0.29) is 12.4 Å². The summed E-state index contributed by atoms with van der Waals surface area (Å²) < 4.78 is 5.39. The normalized spacial score (nSPS) is 10.2. The molecular formula is C16H22O2. The number of benzene rings is 1. The van der Waals surface area contributed by atoms with Crippen molar-refractivity contribution in [3.63, 3.8) is 0 Å². The molecule has 0 spiro atoms. The van der Waals surface area contributed by atoms with Gasteiger partial charge in [-0.25, -0.2) is 0 Å². The van der Waals surface area contributed by atoms with Crippen molar-refractivity contribution >= 4 is 5.78 Å². The molecule has 2 nitrogen and oxygen atoms in total. The molecule has 0 aliphatic carbocycles. The minimum atomic E-state index is 0.199. The molecule has 0 N–H and O–H groups in total. The summed E-state index contributed by atoms with van der Waals surface area (Å²) in [6, 6.07) is 9.91. The first-order valence-corrected chi connectivity index (χ1v) is 6.57. The van der Waals surface area contributed by atoms with Gasteiger partial charge in [0.1, 0.15) is 6.61 Å². The summed E-state index contributed by atoms with van der Waals surface area (Å²) in [6.45, 7) is 4.43. The molecule has 0 saturated heterocycles. The molecule has 0 saturated carbocycles. The van der Waals surface area contributed by atoms with Gasteiger partial charge in [0.05, 0.1) is 6.61 Å². The van der Waals surface area contributed by atoms with Gasteiger partial charge in [0.2, 0.25) is 0 Å². The molecule has 0 aliphatic heterocycles. The Morgan fingerprint density at radius 3 is 2.67 bits per heavy atom. The molecule has 0 amide bonds. The van der Waals surface area contributed by atoms with E-state index in [0.29, 0.717) is 13.0 Å². The highest BCUT2D eigenvalue weighted by molar-refractivity contribution is 5.79. The minimum Gasteiger partial charge on any atom is -0.369 e. The summed E-state index contributed by atoms with van der Waals surface area (Å²) in [5.74, 6) is 0.199. The van der Waals surface area contributed by atoms with E-state index in [4.69, 9.17) is 4.74 Å². The Morgan fingerprint density at radius 1 is 1.17 bits per heavy atom. The third-order valence-electron chi connectivity index (χ3n) is 2.74. The highest BCUT2D eigenvalue weighted by atomic mass is 16.5. The Bertz CT molecular complexity index is 343. The van der Waals surface area contributed by atoms with Crippen molar-refractivity contribution in [2.45, 2.75) is 38.7 Å². The minimum absolute atomic E-state index is 0.199. The molecule has 98 valence electrons. The third-order valence-corrected chi connectivity index (χ3v) is 2.74. The van der Waals surface area contributed by atoms with Gasteiger partial charge in [-0.3, -0.25) is 4.79 Å². The second kappa shape index (κ2) is 9.60. The SMILES string of the molecule is C=CCCCCCC(=O)COCc1ccccc1. The van der Waals surface area contributed by atoms with Gasteiger partial charge >= 0.3 is 0 Å². The van der Waals surface area contributed by atoms with Crippen LogP contribution >= 0.6 is 0 Å². The molecule has 1 rings (SSSR count). The Hall–Kier alpha value is -1.41. The lowest BCUT2D eigenvalue weighted by atomic mass is 10.1. The second-order valence-electron chi connectivity index (χ2n) is 4.41. The molecule has 0 heterocycles. The molecule has 0 aromatic heterocycles. The number of hydrogen-bond acceptors (Lipinski definition) is 2. The number of hydrogen-bond donors (Lipinski definition) is 0. The van der Waals surface area contributed by atoms with Crippen LogP contribution in [0.2, 0.25) is 0 Å². The topological polar surface area (TPSA) is 26.3 Å². The summed E-state index contributed by atoms with van der Waals surface area (Å²) in [4.78, 5) is 11.5. The van der Waals surface area contributed by atoms with Crippen LogP contribution in [0.15, 0.2) is 43.0 Å². The van der Waals surface area contributed by atoms with Crippen LogP contribution in [0, 0.1) is 0 Å². The first-order chi connectivity index (χ1) is 8.83. The van der Waals surface area contributed by atoms with Crippen LogP contribution < -0.4 is 0 Å². The van der Waals surface area contributed by atoms with Crippen molar-refractivity contribution in [3.8, 4) is 0 Å². The van der Waals surface area contributed by atoms with Crippen molar-refractivity contribution in [1.29, 1.82) is 0 Å². The number of ketones is 1. The number of allylic oxidation sites excluding steroid dienone is 1. The van der Waals surface area contributed by atoms with E-state index >= 15 is 0 Å². The van der Waals surface area contributed by atoms with Gasteiger partial charge in [0.15, 0.2) is 5.78 Å². The number of carbonyl (C=O) groups excluding carboxylic acids is 1. The molecule has 2 heteroatoms. The Morgan fingerprint density at radius 2 is 1.94 bits per heavy atom. The predicted octanol–water partition coefficient (Wildman–Crippen LogP) is 3.91. The third kappa shape index (κ3) is 7.02.